The SMILES string of the molecule is CCCCCCCCCCC/C=C/c1ccc(OCC(=O)OC)cc1. The van der Waals surface area contributed by atoms with Gasteiger partial charge in [0.05, 0.1) is 7.11 Å². The van der Waals surface area contributed by atoms with Crippen molar-refractivity contribution in [3.63, 3.8) is 0 Å². The standard InChI is InChI=1S/C22H34O3/c1-3-4-5-6-7-8-9-10-11-12-13-14-20-15-17-21(18-16-20)25-19-22(23)24-2/h13-18H,3-12,19H2,1-2H3/b14-13+. The van der Waals surface area contributed by atoms with Gasteiger partial charge >= 0.3 is 5.97 Å². The highest BCUT2D eigenvalue weighted by atomic mass is 16.6. The first-order valence-electron chi connectivity index (χ1n) is 9.72. The van der Waals surface area contributed by atoms with E-state index >= 15 is 0 Å². The molecule has 0 unspecified atom stereocenters. The first kappa shape index (κ1) is 21.3. The van der Waals surface area contributed by atoms with E-state index in [9.17, 15) is 4.79 Å². The highest BCUT2D eigenvalue weighted by molar-refractivity contribution is 5.70. The lowest BCUT2D eigenvalue weighted by atomic mass is 10.1. The van der Waals surface area contributed by atoms with Crippen molar-refractivity contribution in [3.05, 3.63) is 35.9 Å². The lowest BCUT2D eigenvalue weighted by Gasteiger charge is -2.04. The van der Waals surface area contributed by atoms with E-state index < -0.39 is 0 Å². The summed E-state index contributed by atoms with van der Waals surface area (Å²) in [6.45, 7) is 2.21. The molecular formula is C22H34O3. The Hall–Kier alpha value is -1.77. The van der Waals surface area contributed by atoms with Gasteiger partial charge < -0.3 is 9.47 Å². The number of allylic oxidation sites excluding steroid dienone is 1. The molecule has 1 aromatic rings. The summed E-state index contributed by atoms with van der Waals surface area (Å²) >= 11 is 0. The van der Waals surface area contributed by atoms with E-state index in [1.54, 1.807) is 0 Å². The zero-order valence-corrected chi connectivity index (χ0v) is 16.0. The van der Waals surface area contributed by atoms with Crippen LogP contribution in [-0.4, -0.2) is 19.7 Å². The van der Waals surface area contributed by atoms with Crippen molar-refractivity contribution in [1.82, 2.24) is 0 Å². The molecule has 3 heteroatoms. The number of hydrogen-bond donors (Lipinski definition) is 0. The maximum Gasteiger partial charge on any atom is 0.343 e. The van der Waals surface area contributed by atoms with Crippen molar-refractivity contribution >= 4 is 12.0 Å². The Morgan fingerprint density at radius 1 is 0.920 bits per heavy atom. The van der Waals surface area contributed by atoms with Gasteiger partial charge in [-0.05, 0) is 30.5 Å². The number of carbonyl (C=O) groups is 1. The van der Waals surface area contributed by atoms with E-state index in [1.165, 1.54) is 64.9 Å². The molecule has 0 heterocycles. The van der Waals surface area contributed by atoms with Crippen molar-refractivity contribution in [1.29, 1.82) is 0 Å². The minimum absolute atomic E-state index is 0.0513. The number of ether oxygens (including phenoxy) is 2. The van der Waals surface area contributed by atoms with Crippen LogP contribution in [0.2, 0.25) is 0 Å². The Morgan fingerprint density at radius 3 is 2.12 bits per heavy atom. The van der Waals surface area contributed by atoms with Gasteiger partial charge in [0.2, 0.25) is 0 Å². The fourth-order valence-corrected chi connectivity index (χ4v) is 2.67. The van der Waals surface area contributed by atoms with Crippen LogP contribution in [0.5, 0.6) is 5.75 Å². The molecule has 0 aliphatic heterocycles. The first-order chi connectivity index (χ1) is 12.3. The normalized spacial score (nSPS) is 11.0. The van der Waals surface area contributed by atoms with Crippen LogP contribution in [0.25, 0.3) is 6.08 Å². The minimum Gasteiger partial charge on any atom is -0.482 e. The van der Waals surface area contributed by atoms with Crippen LogP contribution in [0.15, 0.2) is 30.3 Å². The summed E-state index contributed by atoms with van der Waals surface area (Å²) in [7, 11) is 1.35. The molecule has 1 aromatic carbocycles. The number of rotatable bonds is 14. The third-order valence-electron chi connectivity index (χ3n) is 4.25. The van der Waals surface area contributed by atoms with Crippen molar-refractivity contribution < 1.29 is 14.3 Å². The predicted octanol–water partition coefficient (Wildman–Crippen LogP) is 6.17. The monoisotopic (exact) mass is 346 g/mol. The number of methoxy groups -OCH3 is 1. The van der Waals surface area contributed by atoms with Crippen LogP contribution in [0.1, 0.15) is 76.7 Å². The summed E-state index contributed by atoms with van der Waals surface area (Å²) in [6.07, 6.45) is 17.8. The van der Waals surface area contributed by atoms with Crippen LogP contribution in [0.3, 0.4) is 0 Å². The summed E-state index contributed by atoms with van der Waals surface area (Å²) < 4.78 is 9.87. The molecule has 0 saturated heterocycles. The fraction of sp³-hybridized carbons (Fsp3) is 0.591. The lowest BCUT2D eigenvalue weighted by molar-refractivity contribution is -0.142. The Balaban J connectivity index is 2.07. The predicted molar refractivity (Wildman–Crippen MR) is 105 cm³/mol. The summed E-state index contributed by atoms with van der Waals surface area (Å²) in [5.41, 5.74) is 1.15. The summed E-state index contributed by atoms with van der Waals surface area (Å²) in [4.78, 5) is 11.0. The van der Waals surface area contributed by atoms with Gasteiger partial charge in [0, 0.05) is 0 Å². The van der Waals surface area contributed by atoms with Gasteiger partial charge in [-0.2, -0.15) is 0 Å². The summed E-state index contributed by atoms with van der Waals surface area (Å²) in [5.74, 6) is 0.311. The average Bonchev–Trinajstić information content (AvgIpc) is 2.65. The van der Waals surface area contributed by atoms with E-state index in [0.717, 1.165) is 12.0 Å². The molecule has 0 aliphatic rings. The summed E-state index contributed by atoms with van der Waals surface area (Å²) in [5, 5.41) is 0. The highest BCUT2D eigenvalue weighted by Gasteiger charge is 2.00. The van der Waals surface area contributed by atoms with E-state index in [1.807, 2.05) is 24.3 Å². The van der Waals surface area contributed by atoms with Gasteiger partial charge in [0.15, 0.2) is 6.61 Å². The van der Waals surface area contributed by atoms with Gasteiger partial charge in [-0.3, -0.25) is 0 Å². The second-order valence-electron chi connectivity index (χ2n) is 6.45. The van der Waals surface area contributed by atoms with Gasteiger partial charge in [-0.25, -0.2) is 4.79 Å². The van der Waals surface area contributed by atoms with Gasteiger partial charge in [-0.1, -0.05) is 82.6 Å². The van der Waals surface area contributed by atoms with Gasteiger partial charge in [0.25, 0.3) is 0 Å². The molecule has 0 aromatic heterocycles. The molecule has 0 spiro atoms. The number of carbonyl (C=O) groups excluding carboxylic acids is 1. The van der Waals surface area contributed by atoms with Crippen LogP contribution < -0.4 is 4.74 Å². The quantitative estimate of drug-likeness (QED) is 0.298. The van der Waals surface area contributed by atoms with Crippen molar-refractivity contribution in [2.24, 2.45) is 0 Å². The third-order valence-corrected chi connectivity index (χ3v) is 4.25. The number of unbranched alkanes of at least 4 members (excludes halogenated alkanes) is 9. The minimum atomic E-state index is -0.370. The first-order valence-corrected chi connectivity index (χ1v) is 9.72. The Kier molecular flexibility index (Phi) is 12.4. The molecule has 1 rings (SSSR count). The Morgan fingerprint density at radius 2 is 1.52 bits per heavy atom. The largest absolute Gasteiger partial charge is 0.482 e. The summed E-state index contributed by atoms with van der Waals surface area (Å²) in [6, 6.07) is 7.75. The smallest absolute Gasteiger partial charge is 0.343 e. The van der Waals surface area contributed by atoms with Crippen molar-refractivity contribution in [2.45, 2.75) is 71.1 Å². The second-order valence-corrected chi connectivity index (χ2v) is 6.45. The van der Waals surface area contributed by atoms with E-state index in [-0.39, 0.29) is 12.6 Å². The number of hydrogen-bond acceptors (Lipinski definition) is 3. The number of esters is 1. The molecule has 25 heavy (non-hydrogen) atoms. The maximum atomic E-state index is 11.0. The fourth-order valence-electron chi connectivity index (χ4n) is 2.67. The Bertz CT molecular complexity index is 477. The third kappa shape index (κ3) is 11.4. The zero-order valence-electron chi connectivity index (χ0n) is 16.0. The van der Waals surface area contributed by atoms with E-state index in [4.69, 9.17) is 4.74 Å². The van der Waals surface area contributed by atoms with Crippen LogP contribution in [-0.2, 0) is 9.53 Å². The highest BCUT2D eigenvalue weighted by Crippen LogP contribution is 2.14. The molecule has 0 radical (unpaired) electrons. The van der Waals surface area contributed by atoms with Crippen LogP contribution in [0.4, 0.5) is 0 Å². The molecule has 0 N–H and O–H groups in total. The second kappa shape index (κ2) is 14.6. The molecule has 0 fully saturated rings. The molecular weight excluding hydrogens is 312 g/mol. The van der Waals surface area contributed by atoms with Crippen molar-refractivity contribution in [2.75, 3.05) is 13.7 Å². The van der Waals surface area contributed by atoms with Gasteiger partial charge in [0.1, 0.15) is 5.75 Å². The zero-order chi connectivity index (χ0) is 18.2. The van der Waals surface area contributed by atoms with E-state index in [0.29, 0.717) is 5.75 Å². The molecule has 140 valence electrons. The van der Waals surface area contributed by atoms with Crippen LogP contribution >= 0.6 is 0 Å². The molecule has 0 bridgehead atoms. The van der Waals surface area contributed by atoms with E-state index in [2.05, 4.69) is 23.8 Å². The van der Waals surface area contributed by atoms with Crippen LogP contribution in [0, 0.1) is 0 Å². The molecule has 0 saturated carbocycles. The average molecular weight is 347 g/mol. The number of benzene rings is 1. The molecule has 3 nitrogen and oxygen atoms in total. The molecule has 0 amide bonds. The van der Waals surface area contributed by atoms with Crippen molar-refractivity contribution in [3.8, 4) is 5.75 Å². The topological polar surface area (TPSA) is 35.5 Å². The maximum absolute atomic E-state index is 11.0. The Labute approximate surface area is 153 Å². The van der Waals surface area contributed by atoms with Gasteiger partial charge in [-0.15, -0.1) is 0 Å². The molecule has 0 atom stereocenters. The molecule has 0 aliphatic carbocycles. The lowest BCUT2D eigenvalue weighted by Crippen LogP contribution is -2.12.